The van der Waals surface area contributed by atoms with Gasteiger partial charge in [-0.05, 0) is 18.8 Å². The van der Waals surface area contributed by atoms with Crippen LogP contribution >= 0.6 is 0 Å². The average Bonchev–Trinajstić information content (AvgIpc) is 2.09. The molecule has 0 amide bonds. The lowest BCUT2D eigenvalue weighted by atomic mass is 9.82. The monoisotopic (exact) mass is 196 g/mol. The predicted molar refractivity (Wildman–Crippen MR) is 52.2 cm³/mol. The van der Waals surface area contributed by atoms with Crippen LogP contribution in [0.25, 0.3) is 0 Å². The average molecular weight is 196 g/mol. The SMILES string of the molecule is CC1CC(Nc2nc(N)ncc2F)C1. The zero-order valence-corrected chi connectivity index (χ0v) is 8.00. The van der Waals surface area contributed by atoms with Crippen LogP contribution < -0.4 is 11.1 Å². The highest BCUT2D eigenvalue weighted by molar-refractivity contribution is 5.40. The maximum atomic E-state index is 13.1. The van der Waals surface area contributed by atoms with Gasteiger partial charge in [-0.1, -0.05) is 6.92 Å². The molecule has 0 saturated heterocycles. The van der Waals surface area contributed by atoms with Crippen molar-refractivity contribution < 1.29 is 4.39 Å². The van der Waals surface area contributed by atoms with Gasteiger partial charge in [0.25, 0.3) is 0 Å². The first kappa shape index (κ1) is 9.18. The molecule has 2 rings (SSSR count). The number of nitrogens with zero attached hydrogens (tertiary/aromatic N) is 2. The summed E-state index contributed by atoms with van der Waals surface area (Å²) in [6.45, 7) is 2.17. The van der Waals surface area contributed by atoms with E-state index in [1.165, 1.54) is 0 Å². The van der Waals surface area contributed by atoms with Crippen LogP contribution in [-0.2, 0) is 0 Å². The van der Waals surface area contributed by atoms with E-state index in [4.69, 9.17) is 5.73 Å². The standard InChI is InChI=1S/C9H13FN4/c1-5-2-6(3-5)13-8-7(10)4-12-9(11)14-8/h4-6H,2-3H2,1H3,(H3,11,12,13,14). The second kappa shape index (κ2) is 3.40. The summed E-state index contributed by atoms with van der Waals surface area (Å²) >= 11 is 0. The lowest BCUT2D eigenvalue weighted by Crippen LogP contribution is -2.34. The first-order chi connectivity index (χ1) is 6.65. The van der Waals surface area contributed by atoms with Gasteiger partial charge in [-0.15, -0.1) is 0 Å². The Labute approximate surface area is 81.7 Å². The Kier molecular flexibility index (Phi) is 2.23. The van der Waals surface area contributed by atoms with Crippen LogP contribution in [0.15, 0.2) is 6.20 Å². The van der Waals surface area contributed by atoms with Crippen molar-refractivity contribution in [3.63, 3.8) is 0 Å². The van der Waals surface area contributed by atoms with Crippen LogP contribution in [0.3, 0.4) is 0 Å². The Morgan fingerprint density at radius 1 is 1.57 bits per heavy atom. The highest BCUT2D eigenvalue weighted by atomic mass is 19.1. The van der Waals surface area contributed by atoms with Crippen molar-refractivity contribution in [2.45, 2.75) is 25.8 Å². The van der Waals surface area contributed by atoms with E-state index in [-0.39, 0.29) is 11.8 Å². The van der Waals surface area contributed by atoms with Crippen LogP contribution in [-0.4, -0.2) is 16.0 Å². The number of aromatic nitrogens is 2. The van der Waals surface area contributed by atoms with E-state index in [2.05, 4.69) is 22.2 Å². The van der Waals surface area contributed by atoms with Crippen molar-refractivity contribution in [1.29, 1.82) is 0 Å². The molecule has 0 unspecified atom stereocenters. The third-order valence-corrected chi connectivity index (χ3v) is 2.48. The Morgan fingerprint density at radius 3 is 2.93 bits per heavy atom. The smallest absolute Gasteiger partial charge is 0.222 e. The molecule has 0 aromatic carbocycles. The van der Waals surface area contributed by atoms with Crippen LogP contribution in [0.2, 0.25) is 0 Å². The van der Waals surface area contributed by atoms with Crippen molar-refractivity contribution >= 4 is 11.8 Å². The van der Waals surface area contributed by atoms with Crippen molar-refractivity contribution in [3.8, 4) is 0 Å². The third-order valence-electron chi connectivity index (χ3n) is 2.48. The van der Waals surface area contributed by atoms with Gasteiger partial charge in [0.15, 0.2) is 11.6 Å². The summed E-state index contributed by atoms with van der Waals surface area (Å²) in [5, 5.41) is 3.01. The molecule has 1 aromatic rings. The Hall–Kier alpha value is -1.39. The molecule has 0 aliphatic heterocycles. The van der Waals surface area contributed by atoms with Gasteiger partial charge in [-0.2, -0.15) is 4.98 Å². The van der Waals surface area contributed by atoms with Crippen molar-refractivity contribution in [2.75, 3.05) is 11.1 Å². The summed E-state index contributed by atoms with van der Waals surface area (Å²) in [5.74, 6) is 0.587. The summed E-state index contributed by atoms with van der Waals surface area (Å²) in [6, 6.07) is 0.328. The van der Waals surface area contributed by atoms with Gasteiger partial charge in [-0.25, -0.2) is 9.37 Å². The Balaban J connectivity index is 2.05. The Morgan fingerprint density at radius 2 is 2.29 bits per heavy atom. The molecule has 0 spiro atoms. The number of hydrogen-bond donors (Lipinski definition) is 2. The molecule has 3 N–H and O–H groups in total. The van der Waals surface area contributed by atoms with E-state index >= 15 is 0 Å². The number of hydrogen-bond acceptors (Lipinski definition) is 4. The van der Waals surface area contributed by atoms with Gasteiger partial charge in [0.2, 0.25) is 5.95 Å². The van der Waals surface area contributed by atoms with Gasteiger partial charge in [0.1, 0.15) is 0 Å². The fourth-order valence-corrected chi connectivity index (χ4v) is 1.70. The normalized spacial score (nSPS) is 25.6. The van der Waals surface area contributed by atoms with E-state index in [9.17, 15) is 4.39 Å². The number of nitrogens with one attached hydrogen (secondary N) is 1. The van der Waals surface area contributed by atoms with Crippen molar-refractivity contribution in [2.24, 2.45) is 5.92 Å². The summed E-state index contributed by atoms with van der Waals surface area (Å²) in [6.07, 6.45) is 3.21. The van der Waals surface area contributed by atoms with E-state index in [0.29, 0.717) is 6.04 Å². The molecule has 0 radical (unpaired) electrons. The summed E-state index contributed by atoms with van der Waals surface area (Å²) < 4.78 is 13.1. The van der Waals surface area contributed by atoms with E-state index in [1.54, 1.807) is 0 Å². The number of halogens is 1. The lowest BCUT2D eigenvalue weighted by Gasteiger charge is -2.33. The molecule has 5 heteroatoms. The molecular weight excluding hydrogens is 183 g/mol. The van der Waals surface area contributed by atoms with E-state index in [0.717, 1.165) is 25.0 Å². The quantitative estimate of drug-likeness (QED) is 0.750. The van der Waals surface area contributed by atoms with Gasteiger partial charge in [-0.3, -0.25) is 0 Å². The minimum absolute atomic E-state index is 0.0984. The summed E-state index contributed by atoms with van der Waals surface area (Å²) in [4.78, 5) is 7.36. The topological polar surface area (TPSA) is 63.8 Å². The molecule has 1 aromatic heterocycles. The van der Waals surface area contributed by atoms with Crippen LogP contribution in [0.4, 0.5) is 16.2 Å². The highest BCUT2D eigenvalue weighted by Crippen LogP contribution is 2.29. The number of rotatable bonds is 2. The molecule has 0 bridgehead atoms. The van der Waals surface area contributed by atoms with Gasteiger partial charge < -0.3 is 11.1 Å². The van der Waals surface area contributed by atoms with E-state index in [1.807, 2.05) is 0 Å². The minimum Gasteiger partial charge on any atom is -0.368 e. The number of nitrogens with two attached hydrogens (primary N) is 1. The Bertz CT molecular complexity index is 336. The van der Waals surface area contributed by atoms with Gasteiger partial charge in [0.05, 0.1) is 6.20 Å². The van der Waals surface area contributed by atoms with Crippen LogP contribution in [0.5, 0.6) is 0 Å². The molecule has 4 nitrogen and oxygen atoms in total. The summed E-state index contributed by atoms with van der Waals surface area (Å²) in [5.41, 5.74) is 5.36. The van der Waals surface area contributed by atoms with Crippen molar-refractivity contribution in [1.82, 2.24) is 9.97 Å². The molecule has 1 aliphatic rings. The zero-order chi connectivity index (χ0) is 10.1. The maximum absolute atomic E-state index is 13.1. The minimum atomic E-state index is -0.446. The second-order valence-electron chi connectivity index (χ2n) is 3.84. The molecule has 76 valence electrons. The van der Waals surface area contributed by atoms with Crippen molar-refractivity contribution in [3.05, 3.63) is 12.0 Å². The molecule has 1 heterocycles. The van der Waals surface area contributed by atoms with Gasteiger partial charge in [0, 0.05) is 6.04 Å². The summed E-state index contributed by atoms with van der Waals surface area (Å²) in [7, 11) is 0. The number of nitrogen functional groups attached to an aromatic ring is 1. The molecule has 1 aliphatic carbocycles. The lowest BCUT2D eigenvalue weighted by molar-refractivity contribution is 0.307. The first-order valence-corrected chi connectivity index (χ1v) is 4.69. The molecule has 0 atom stereocenters. The molecule has 1 saturated carbocycles. The molecule has 14 heavy (non-hydrogen) atoms. The van der Waals surface area contributed by atoms with Crippen LogP contribution in [0, 0.1) is 11.7 Å². The van der Waals surface area contributed by atoms with E-state index < -0.39 is 5.82 Å². The highest BCUT2D eigenvalue weighted by Gasteiger charge is 2.26. The zero-order valence-electron chi connectivity index (χ0n) is 8.00. The fraction of sp³-hybridized carbons (Fsp3) is 0.556. The third kappa shape index (κ3) is 1.76. The number of anilines is 2. The largest absolute Gasteiger partial charge is 0.368 e. The molecular formula is C9H13FN4. The maximum Gasteiger partial charge on any atom is 0.222 e. The van der Waals surface area contributed by atoms with Gasteiger partial charge >= 0.3 is 0 Å². The van der Waals surface area contributed by atoms with Crippen LogP contribution in [0.1, 0.15) is 19.8 Å². The second-order valence-corrected chi connectivity index (χ2v) is 3.84. The first-order valence-electron chi connectivity index (χ1n) is 4.69. The fourth-order valence-electron chi connectivity index (χ4n) is 1.70. The predicted octanol–water partition coefficient (Wildman–Crippen LogP) is 1.41. The molecule has 1 fully saturated rings.